The smallest absolute Gasteiger partial charge is 0.405 e. The molecule has 2 aromatic carbocycles. The zero-order valence-electron chi connectivity index (χ0n) is 10.5. The minimum atomic E-state index is -4.69. The Kier molecular flexibility index (Phi) is 3.14. The Morgan fingerprint density at radius 3 is 2.45 bits per heavy atom. The molecular formula is C15H12F3NO. The number of benzene rings is 2. The van der Waals surface area contributed by atoms with Gasteiger partial charge in [0.2, 0.25) is 0 Å². The molecule has 1 N–H and O–H groups in total. The van der Waals surface area contributed by atoms with E-state index in [4.69, 9.17) is 0 Å². The van der Waals surface area contributed by atoms with Gasteiger partial charge in [-0.2, -0.15) is 0 Å². The predicted molar refractivity (Wildman–Crippen MR) is 69.1 cm³/mol. The average molecular weight is 279 g/mol. The first-order valence-electron chi connectivity index (χ1n) is 6.21. The second-order valence-electron chi connectivity index (χ2n) is 4.59. The topological polar surface area (TPSA) is 21.3 Å². The van der Waals surface area contributed by atoms with Crippen LogP contribution in [0.3, 0.4) is 0 Å². The van der Waals surface area contributed by atoms with E-state index < -0.39 is 6.36 Å². The molecule has 5 heteroatoms. The molecule has 0 radical (unpaired) electrons. The summed E-state index contributed by atoms with van der Waals surface area (Å²) in [6, 6.07) is 11.9. The Labute approximate surface area is 114 Å². The molecule has 1 heterocycles. The number of hydrogen-bond acceptors (Lipinski definition) is 2. The van der Waals surface area contributed by atoms with Gasteiger partial charge in [-0.3, -0.25) is 0 Å². The highest BCUT2D eigenvalue weighted by molar-refractivity contribution is 5.74. The molecule has 1 aliphatic rings. The number of alkyl halides is 3. The van der Waals surface area contributed by atoms with Crippen molar-refractivity contribution in [3.8, 4) is 16.9 Å². The van der Waals surface area contributed by atoms with E-state index in [0.717, 1.165) is 23.2 Å². The van der Waals surface area contributed by atoms with E-state index in [2.05, 4.69) is 10.1 Å². The van der Waals surface area contributed by atoms with E-state index in [-0.39, 0.29) is 5.75 Å². The molecule has 0 bridgehead atoms. The van der Waals surface area contributed by atoms with Gasteiger partial charge in [0.1, 0.15) is 5.75 Å². The second kappa shape index (κ2) is 4.83. The zero-order chi connectivity index (χ0) is 14.2. The summed E-state index contributed by atoms with van der Waals surface area (Å²) in [4.78, 5) is 0. The Morgan fingerprint density at radius 1 is 0.900 bits per heavy atom. The van der Waals surface area contributed by atoms with Crippen molar-refractivity contribution in [2.45, 2.75) is 19.5 Å². The molecule has 1 aliphatic heterocycles. The van der Waals surface area contributed by atoms with Gasteiger partial charge in [0.15, 0.2) is 0 Å². The minimum Gasteiger partial charge on any atom is -0.405 e. The lowest BCUT2D eigenvalue weighted by atomic mass is 9.96. The Bertz CT molecular complexity index is 637. The van der Waals surface area contributed by atoms with Crippen molar-refractivity contribution in [3.63, 3.8) is 0 Å². The number of para-hydroxylation sites is 1. The molecule has 0 aliphatic carbocycles. The highest BCUT2D eigenvalue weighted by Gasteiger charge is 2.32. The number of halogens is 3. The molecule has 0 spiro atoms. The van der Waals surface area contributed by atoms with E-state index >= 15 is 0 Å². The fourth-order valence-corrected chi connectivity index (χ4v) is 2.49. The first kappa shape index (κ1) is 13.0. The number of hydrogen-bond donors (Lipinski definition) is 1. The molecular weight excluding hydrogens is 267 g/mol. The summed E-state index contributed by atoms with van der Waals surface area (Å²) in [5.74, 6) is -0.166. The van der Waals surface area contributed by atoms with E-state index in [1.165, 1.54) is 12.1 Å². The largest absolute Gasteiger partial charge is 0.573 e. The molecule has 0 atom stereocenters. The standard InChI is InChI=1S/C15H12F3NO/c16-15(17,18)20-14-7-2-1-5-12(14)11-6-3-4-10-8-19-9-13(10)11/h1-7,19H,8-9H2. The van der Waals surface area contributed by atoms with Crippen LogP contribution < -0.4 is 10.1 Å². The van der Waals surface area contributed by atoms with Crippen molar-refractivity contribution in [1.29, 1.82) is 0 Å². The normalized spacial score (nSPS) is 14.2. The maximum Gasteiger partial charge on any atom is 0.573 e. The first-order chi connectivity index (χ1) is 9.54. The van der Waals surface area contributed by atoms with Gasteiger partial charge in [-0.15, -0.1) is 13.2 Å². The Balaban J connectivity index is 2.09. The van der Waals surface area contributed by atoms with Gasteiger partial charge in [0, 0.05) is 18.7 Å². The molecule has 3 rings (SSSR count). The molecule has 2 nitrogen and oxygen atoms in total. The van der Waals surface area contributed by atoms with Crippen LogP contribution in [0.5, 0.6) is 5.75 Å². The van der Waals surface area contributed by atoms with Crippen molar-refractivity contribution in [2.75, 3.05) is 0 Å². The summed E-state index contributed by atoms with van der Waals surface area (Å²) in [6.45, 7) is 1.40. The van der Waals surface area contributed by atoms with Gasteiger partial charge in [0.25, 0.3) is 0 Å². The van der Waals surface area contributed by atoms with Crippen LogP contribution in [0.1, 0.15) is 11.1 Å². The number of nitrogens with one attached hydrogen (secondary N) is 1. The van der Waals surface area contributed by atoms with E-state index in [1.54, 1.807) is 12.1 Å². The lowest BCUT2D eigenvalue weighted by molar-refractivity contribution is -0.274. The lowest BCUT2D eigenvalue weighted by Gasteiger charge is -2.15. The van der Waals surface area contributed by atoms with Gasteiger partial charge in [0.05, 0.1) is 0 Å². The van der Waals surface area contributed by atoms with Crippen LogP contribution >= 0.6 is 0 Å². The van der Waals surface area contributed by atoms with Crippen molar-refractivity contribution in [1.82, 2.24) is 5.32 Å². The van der Waals surface area contributed by atoms with Crippen LogP contribution in [0.25, 0.3) is 11.1 Å². The van der Waals surface area contributed by atoms with Crippen LogP contribution in [0, 0.1) is 0 Å². The number of rotatable bonds is 2. The molecule has 0 aromatic heterocycles. The van der Waals surface area contributed by atoms with Gasteiger partial charge >= 0.3 is 6.36 Å². The Morgan fingerprint density at radius 2 is 1.65 bits per heavy atom. The zero-order valence-corrected chi connectivity index (χ0v) is 10.5. The van der Waals surface area contributed by atoms with E-state index in [0.29, 0.717) is 12.1 Å². The second-order valence-corrected chi connectivity index (χ2v) is 4.59. The average Bonchev–Trinajstić information content (AvgIpc) is 2.85. The maximum absolute atomic E-state index is 12.5. The molecule has 2 aromatic rings. The highest BCUT2D eigenvalue weighted by atomic mass is 19.4. The van der Waals surface area contributed by atoms with Crippen molar-refractivity contribution < 1.29 is 17.9 Å². The van der Waals surface area contributed by atoms with E-state index in [9.17, 15) is 13.2 Å². The lowest BCUT2D eigenvalue weighted by Crippen LogP contribution is -2.17. The van der Waals surface area contributed by atoms with Crippen molar-refractivity contribution in [3.05, 3.63) is 53.6 Å². The highest BCUT2D eigenvalue weighted by Crippen LogP contribution is 2.37. The van der Waals surface area contributed by atoms with Gasteiger partial charge < -0.3 is 10.1 Å². The third kappa shape index (κ3) is 2.49. The van der Waals surface area contributed by atoms with E-state index in [1.807, 2.05) is 18.2 Å². The maximum atomic E-state index is 12.5. The summed E-state index contributed by atoms with van der Waals surface area (Å²) in [5, 5.41) is 3.20. The van der Waals surface area contributed by atoms with Crippen molar-refractivity contribution >= 4 is 0 Å². The molecule has 0 fully saturated rings. The van der Waals surface area contributed by atoms with Crippen LogP contribution in [-0.4, -0.2) is 6.36 Å². The van der Waals surface area contributed by atoms with Crippen LogP contribution in [0.15, 0.2) is 42.5 Å². The molecule has 0 saturated carbocycles. The monoisotopic (exact) mass is 279 g/mol. The molecule has 0 amide bonds. The van der Waals surface area contributed by atoms with Gasteiger partial charge in [-0.25, -0.2) is 0 Å². The summed E-state index contributed by atoms with van der Waals surface area (Å²) in [7, 11) is 0. The SMILES string of the molecule is FC(F)(F)Oc1ccccc1-c1cccc2c1CNC2. The molecule has 0 saturated heterocycles. The van der Waals surface area contributed by atoms with Gasteiger partial charge in [-0.1, -0.05) is 36.4 Å². The molecule has 104 valence electrons. The fraction of sp³-hybridized carbons (Fsp3) is 0.200. The Hall–Kier alpha value is -2.01. The fourth-order valence-electron chi connectivity index (χ4n) is 2.49. The summed E-state index contributed by atoms with van der Waals surface area (Å²) in [5.41, 5.74) is 3.40. The van der Waals surface area contributed by atoms with Crippen LogP contribution in [-0.2, 0) is 13.1 Å². The predicted octanol–water partition coefficient (Wildman–Crippen LogP) is 3.86. The number of ether oxygens (including phenoxy) is 1. The summed E-state index contributed by atoms with van der Waals surface area (Å²) in [6.07, 6.45) is -4.69. The molecule has 20 heavy (non-hydrogen) atoms. The quantitative estimate of drug-likeness (QED) is 0.901. The third-order valence-electron chi connectivity index (χ3n) is 3.29. The molecule has 0 unspecified atom stereocenters. The summed E-state index contributed by atoms with van der Waals surface area (Å²) >= 11 is 0. The van der Waals surface area contributed by atoms with Crippen LogP contribution in [0.2, 0.25) is 0 Å². The summed E-state index contributed by atoms with van der Waals surface area (Å²) < 4.78 is 41.6. The van der Waals surface area contributed by atoms with Crippen LogP contribution in [0.4, 0.5) is 13.2 Å². The number of fused-ring (bicyclic) bond motifs is 1. The van der Waals surface area contributed by atoms with Gasteiger partial charge in [-0.05, 0) is 22.8 Å². The van der Waals surface area contributed by atoms with Crippen molar-refractivity contribution in [2.24, 2.45) is 0 Å². The first-order valence-corrected chi connectivity index (χ1v) is 6.21. The third-order valence-corrected chi connectivity index (χ3v) is 3.29. The minimum absolute atomic E-state index is 0.166.